The van der Waals surface area contributed by atoms with Crippen LogP contribution in [0.2, 0.25) is 0 Å². The molecule has 0 amide bonds. The van der Waals surface area contributed by atoms with E-state index in [0.29, 0.717) is 5.41 Å². The van der Waals surface area contributed by atoms with E-state index in [9.17, 15) is 0 Å². The van der Waals surface area contributed by atoms with E-state index >= 15 is 0 Å². The van der Waals surface area contributed by atoms with Crippen molar-refractivity contribution in [3.05, 3.63) is 6.42 Å². The van der Waals surface area contributed by atoms with Gasteiger partial charge in [-0.15, -0.1) is 0 Å². The van der Waals surface area contributed by atoms with Gasteiger partial charge in [0.1, 0.15) is 0 Å². The van der Waals surface area contributed by atoms with Crippen molar-refractivity contribution in [2.75, 3.05) is 0 Å². The highest BCUT2D eigenvalue weighted by Gasteiger charge is 2.35. The van der Waals surface area contributed by atoms with Gasteiger partial charge in [0.15, 0.2) is 0 Å². The molecular formula is C7H13. The fourth-order valence-corrected chi connectivity index (χ4v) is 0.894. The first-order valence-electron chi connectivity index (χ1n) is 3.11. The van der Waals surface area contributed by atoms with Gasteiger partial charge in [-0.05, 0) is 24.7 Å². The molecule has 41 valence electrons. The van der Waals surface area contributed by atoms with Gasteiger partial charge in [-0.3, -0.25) is 0 Å². The van der Waals surface area contributed by atoms with E-state index in [0.717, 1.165) is 0 Å². The summed E-state index contributed by atoms with van der Waals surface area (Å²) < 4.78 is 0. The average Bonchev–Trinajstić information content (AvgIpc) is 2.22. The van der Waals surface area contributed by atoms with Crippen LogP contribution in [0, 0.1) is 11.8 Å². The molecule has 1 aliphatic carbocycles. The van der Waals surface area contributed by atoms with Gasteiger partial charge in [-0.2, -0.15) is 0 Å². The third-order valence-corrected chi connectivity index (χ3v) is 1.74. The average molecular weight is 97.2 g/mol. The Morgan fingerprint density at radius 3 is 2.29 bits per heavy atom. The summed E-state index contributed by atoms with van der Waals surface area (Å²) in [6.07, 6.45) is 6.53. The van der Waals surface area contributed by atoms with E-state index in [2.05, 4.69) is 20.3 Å². The van der Waals surface area contributed by atoms with Crippen LogP contribution in [-0.2, 0) is 0 Å². The molecule has 7 heavy (non-hydrogen) atoms. The van der Waals surface area contributed by atoms with Gasteiger partial charge in [0.2, 0.25) is 0 Å². The highest BCUT2D eigenvalue weighted by Crippen LogP contribution is 2.47. The fraction of sp³-hybridized carbons (Fsp3) is 0.857. The molecule has 0 heteroatoms. The third kappa shape index (κ3) is 1.19. The van der Waals surface area contributed by atoms with Crippen LogP contribution in [0.15, 0.2) is 0 Å². The summed E-state index contributed by atoms with van der Waals surface area (Å²) in [4.78, 5) is 0. The minimum Gasteiger partial charge on any atom is -0.0651 e. The van der Waals surface area contributed by atoms with Gasteiger partial charge >= 0.3 is 0 Å². The van der Waals surface area contributed by atoms with Crippen molar-refractivity contribution in [1.29, 1.82) is 0 Å². The van der Waals surface area contributed by atoms with E-state index < -0.39 is 0 Å². The largest absolute Gasteiger partial charge is 0.0651 e. The summed E-state index contributed by atoms with van der Waals surface area (Å²) in [5, 5.41) is 0. The zero-order chi connectivity index (χ0) is 5.33. The number of rotatable bonds is 2. The van der Waals surface area contributed by atoms with Gasteiger partial charge in [-0.1, -0.05) is 20.3 Å². The van der Waals surface area contributed by atoms with Gasteiger partial charge in [0.05, 0.1) is 0 Å². The van der Waals surface area contributed by atoms with Crippen molar-refractivity contribution < 1.29 is 0 Å². The van der Waals surface area contributed by atoms with Gasteiger partial charge in [0.25, 0.3) is 0 Å². The fourth-order valence-electron chi connectivity index (χ4n) is 0.894. The van der Waals surface area contributed by atoms with Crippen molar-refractivity contribution in [2.24, 2.45) is 5.41 Å². The zero-order valence-electron chi connectivity index (χ0n) is 5.20. The smallest absolute Gasteiger partial charge is 0.0294 e. The summed E-state index contributed by atoms with van der Waals surface area (Å²) >= 11 is 0. The molecule has 1 saturated carbocycles. The SMILES string of the molecule is CC[CH]C1(C)CC1. The second kappa shape index (κ2) is 1.50. The molecule has 0 saturated heterocycles. The van der Waals surface area contributed by atoms with E-state index in [4.69, 9.17) is 0 Å². The Labute approximate surface area is 45.9 Å². The molecule has 0 unspecified atom stereocenters. The molecule has 0 N–H and O–H groups in total. The predicted octanol–water partition coefficient (Wildman–Crippen LogP) is 2.40. The standard InChI is InChI=1S/C7H13/c1-3-4-7(2)5-6-7/h4H,3,5-6H2,1-2H3. The molecule has 1 aliphatic rings. The van der Waals surface area contributed by atoms with Crippen LogP contribution in [0.5, 0.6) is 0 Å². The summed E-state index contributed by atoms with van der Waals surface area (Å²) in [6, 6.07) is 0. The maximum absolute atomic E-state index is 2.42. The van der Waals surface area contributed by atoms with Gasteiger partial charge in [-0.25, -0.2) is 0 Å². The molecular weight excluding hydrogens is 84.1 g/mol. The lowest BCUT2D eigenvalue weighted by Crippen LogP contribution is -1.90. The lowest BCUT2D eigenvalue weighted by atomic mass is 10.0. The van der Waals surface area contributed by atoms with E-state index in [-0.39, 0.29) is 0 Å². The van der Waals surface area contributed by atoms with Crippen molar-refractivity contribution in [3.8, 4) is 0 Å². The summed E-state index contributed by atoms with van der Waals surface area (Å²) in [5.41, 5.74) is 0.675. The van der Waals surface area contributed by atoms with Crippen LogP contribution in [-0.4, -0.2) is 0 Å². The molecule has 0 aromatic heterocycles. The van der Waals surface area contributed by atoms with Crippen molar-refractivity contribution >= 4 is 0 Å². The quantitative estimate of drug-likeness (QED) is 0.496. The Hall–Kier alpha value is 0. The van der Waals surface area contributed by atoms with Gasteiger partial charge in [0, 0.05) is 0 Å². The first-order valence-corrected chi connectivity index (χ1v) is 3.11. The molecule has 0 nitrogen and oxygen atoms in total. The Morgan fingerprint density at radius 1 is 1.57 bits per heavy atom. The monoisotopic (exact) mass is 97.1 g/mol. The molecule has 1 radical (unpaired) electrons. The molecule has 1 fully saturated rings. The van der Waals surface area contributed by atoms with Crippen LogP contribution in [0.25, 0.3) is 0 Å². The maximum atomic E-state index is 2.42. The highest BCUT2D eigenvalue weighted by molar-refractivity contribution is 4.99. The Morgan fingerprint density at radius 2 is 2.14 bits per heavy atom. The Kier molecular flexibility index (Phi) is 1.10. The Balaban J connectivity index is 2.13. The summed E-state index contributed by atoms with van der Waals surface area (Å²) in [5.74, 6) is 0. The lowest BCUT2D eigenvalue weighted by molar-refractivity contribution is 0.649. The summed E-state index contributed by atoms with van der Waals surface area (Å²) in [6.45, 7) is 4.54. The molecule has 0 aromatic rings. The third-order valence-electron chi connectivity index (χ3n) is 1.74. The first-order chi connectivity index (χ1) is 3.27. The molecule has 0 aromatic carbocycles. The number of hydrogen-bond acceptors (Lipinski definition) is 0. The lowest BCUT2D eigenvalue weighted by Gasteiger charge is -2.00. The normalized spacial score (nSPS) is 24.9. The molecule has 0 heterocycles. The second-order valence-electron chi connectivity index (χ2n) is 2.77. The second-order valence-corrected chi connectivity index (χ2v) is 2.77. The minimum absolute atomic E-state index is 0.675. The molecule has 0 aliphatic heterocycles. The molecule has 0 atom stereocenters. The maximum Gasteiger partial charge on any atom is -0.0294 e. The van der Waals surface area contributed by atoms with E-state index in [1.54, 1.807) is 0 Å². The van der Waals surface area contributed by atoms with Crippen molar-refractivity contribution in [3.63, 3.8) is 0 Å². The van der Waals surface area contributed by atoms with Crippen LogP contribution >= 0.6 is 0 Å². The predicted molar refractivity (Wildman–Crippen MR) is 31.9 cm³/mol. The Bertz CT molecular complexity index is 60.4. The summed E-state index contributed by atoms with van der Waals surface area (Å²) in [7, 11) is 0. The van der Waals surface area contributed by atoms with E-state index in [1.807, 2.05) is 0 Å². The van der Waals surface area contributed by atoms with Gasteiger partial charge < -0.3 is 0 Å². The highest BCUT2D eigenvalue weighted by atomic mass is 14.4. The topological polar surface area (TPSA) is 0 Å². The van der Waals surface area contributed by atoms with Crippen LogP contribution in [0.3, 0.4) is 0 Å². The first kappa shape index (κ1) is 5.14. The minimum atomic E-state index is 0.675. The van der Waals surface area contributed by atoms with Crippen LogP contribution in [0.1, 0.15) is 33.1 Å². The zero-order valence-corrected chi connectivity index (χ0v) is 5.20. The van der Waals surface area contributed by atoms with E-state index in [1.165, 1.54) is 19.3 Å². The van der Waals surface area contributed by atoms with Crippen molar-refractivity contribution in [1.82, 2.24) is 0 Å². The molecule has 0 spiro atoms. The van der Waals surface area contributed by atoms with Crippen LogP contribution < -0.4 is 0 Å². The van der Waals surface area contributed by atoms with Crippen molar-refractivity contribution in [2.45, 2.75) is 33.1 Å². The molecule has 1 rings (SSSR count). The number of hydrogen-bond donors (Lipinski definition) is 0. The van der Waals surface area contributed by atoms with Crippen LogP contribution in [0.4, 0.5) is 0 Å². The molecule has 0 bridgehead atoms.